The van der Waals surface area contributed by atoms with Crippen molar-refractivity contribution in [3.63, 3.8) is 0 Å². The summed E-state index contributed by atoms with van der Waals surface area (Å²) in [5.41, 5.74) is 0.503. The highest BCUT2D eigenvalue weighted by atomic mass is 32.2. The van der Waals surface area contributed by atoms with Gasteiger partial charge in [-0.25, -0.2) is 17.6 Å². The standard InChI is InChI=1S/C21H25FN2O5S/c1-3-24(4-2)30(27,28)17-10-11-19(22)18(14-17)21(26)29-15-20(25)23-13-12-16-8-6-5-7-9-16/h5-11,14H,3-4,12-13,15H2,1-2H3,(H,23,25). The number of benzene rings is 2. The van der Waals surface area contributed by atoms with Gasteiger partial charge in [0.1, 0.15) is 5.82 Å². The second-order valence-electron chi connectivity index (χ2n) is 6.39. The van der Waals surface area contributed by atoms with Gasteiger partial charge in [-0.2, -0.15) is 4.31 Å². The van der Waals surface area contributed by atoms with Gasteiger partial charge in [0.05, 0.1) is 10.5 Å². The monoisotopic (exact) mass is 436 g/mol. The van der Waals surface area contributed by atoms with Crippen molar-refractivity contribution in [3.05, 3.63) is 65.5 Å². The van der Waals surface area contributed by atoms with Crippen LogP contribution in [0.3, 0.4) is 0 Å². The van der Waals surface area contributed by atoms with E-state index < -0.39 is 39.9 Å². The number of carbonyl (C=O) groups is 2. The minimum Gasteiger partial charge on any atom is -0.452 e. The largest absolute Gasteiger partial charge is 0.452 e. The van der Waals surface area contributed by atoms with Crippen LogP contribution in [0.25, 0.3) is 0 Å². The number of hydrogen-bond donors (Lipinski definition) is 1. The number of carbonyl (C=O) groups excluding carboxylic acids is 2. The molecule has 0 aliphatic rings. The van der Waals surface area contributed by atoms with E-state index in [1.165, 1.54) is 4.31 Å². The predicted molar refractivity (Wildman–Crippen MR) is 110 cm³/mol. The average Bonchev–Trinajstić information content (AvgIpc) is 2.73. The first-order valence-electron chi connectivity index (χ1n) is 9.57. The molecule has 1 N–H and O–H groups in total. The fourth-order valence-corrected chi connectivity index (χ4v) is 4.27. The van der Waals surface area contributed by atoms with Gasteiger partial charge in [-0.05, 0) is 30.2 Å². The third-order valence-corrected chi connectivity index (χ3v) is 6.46. The molecule has 0 fully saturated rings. The van der Waals surface area contributed by atoms with Crippen molar-refractivity contribution in [2.45, 2.75) is 25.2 Å². The van der Waals surface area contributed by atoms with Gasteiger partial charge >= 0.3 is 5.97 Å². The maximum atomic E-state index is 14.1. The Morgan fingerprint density at radius 3 is 2.37 bits per heavy atom. The lowest BCUT2D eigenvalue weighted by Crippen LogP contribution is -2.31. The first-order chi connectivity index (χ1) is 14.3. The summed E-state index contributed by atoms with van der Waals surface area (Å²) >= 11 is 0. The molecule has 0 radical (unpaired) electrons. The maximum absolute atomic E-state index is 14.1. The lowest BCUT2D eigenvalue weighted by molar-refractivity contribution is -0.124. The van der Waals surface area contributed by atoms with Gasteiger partial charge in [-0.3, -0.25) is 4.79 Å². The molecule has 0 spiro atoms. The highest BCUT2D eigenvalue weighted by molar-refractivity contribution is 7.89. The third-order valence-electron chi connectivity index (χ3n) is 4.41. The second-order valence-corrected chi connectivity index (χ2v) is 8.33. The Hall–Kier alpha value is -2.78. The quantitative estimate of drug-likeness (QED) is 0.578. The number of esters is 1. The molecule has 0 heterocycles. The van der Waals surface area contributed by atoms with E-state index in [-0.39, 0.29) is 18.0 Å². The molecule has 7 nitrogen and oxygen atoms in total. The van der Waals surface area contributed by atoms with Crippen LogP contribution in [0.1, 0.15) is 29.8 Å². The van der Waals surface area contributed by atoms with Crippen LogP contribution in [0.4, 0.5) is 4.39 Å². The smallest absolute Gasteiger partial charge is 0.341 e. The summed E-state index contributed by atoms with van der Waals surface area (Å²) in [6.45, 7) is 3.58. The topological polar surface area (TPSA) is 92.8 Å². The molecule has 2 aromatic carbocycles. The lowest BCUT2D eigenvalue weighted by Gasteiger charge is -2.18. The number of amides is 1. The summed E-state index contributed by atoms with van der Waals surface area (Å²) in [5, 5.41) is 2.61. The molecule has 0 saturated carbocycles. The van der Waals surface area contributed by atoms with E-state index in [4.69, 9.17) is 4.74 Å². The Kier molecular flexibility index (Phi) is 8.49. The Balaban J connectivity index is 1.97. The van der Waals surface area contributed by atoms with Crippen molar-refractivity contribution in [2.75, 3.05) is 26.2 Å². The molecular formula is C21H25FN2O5S. The Bertz CT molecular complexity index is 976. The number of rotatable bonds is 10. The lowest BCUT2D eigenvalue weighted by atomic mass is 10.1. The fraction of sp³-hybridized carbons (Fsp3) is 0.333. The number of nitrogens with zero attached hydrogens (tertiary/aromatic N) is 1. The minimum atomic E-state index is -3.86. The molecule has 0 unspecified atom stereocenters. The SMILES string of the molecule is CCN(CC)S(=O)(=O)c1ccc(F)c(C(=O)OCC(=O)NCCc2ccccc2)c1. The summed E-state index contributed by atoms with van der Waals surface area (Å²) in [5.74, 6) is -2.57. The van der Waals surface area contributed by atoms with Crippen LogP contribution in [-0.4, -0.2) is 50.8 Å². The van der Waals surface area contributed by atoms with Crippen LogP contribution in [-0.2, 0) is 26.0 Å². The van der Waals surface area contributed by atoms with Crippen LogP contribution >= 0.6 is 0 Å². The molecular weight excluding hydrogens is 411 g/mol. The van der Waals surface area contributed by atoms with E-state index in [1.807, 2.05) is 30.3 Å². The number of hydrogen-bond acceptors (Lipinski definition) is 5. The minimum absolute atomic E-state index is 0.216. The maximum Gasteiger partial charge on any atom is 0.341 e. The van der Waals surface area contributed by atoms with Crippen molar-refractivity contribution in [1.29, 1.82) is 0 Å². The number of nitrogens with one attached hydrogen (secondary N) is 1. The number of sulfonamides is 1. The van der Waals surface area contributed by atoms with Gasteiger partial charge in [0.2, 0.25) is 10.0 Å². The molecule has 0 atom stereocenters. The zero-order valence-corrected chi connectivity index (χ0v) is 17.7. The molecule has 162 valence electrons. The van der Waals surface area contributed by atoms with Crippen molar-refractivity contribution < 1.29 is 27.1 Å². The number of ether oxygens (including phenoxy) is 1. The summed E-state index contributed by atoms with van der Waals surface area (Å²) in [6, 6.07) is 12.4. The van der Waals surface area contributed by atoms with E-state index in [1.54, 1.807) is 13.8 Å². The second kappa shape index (κ2) is 10.8. The first-order valence-corrected chi connectivity index (χ1v) is 11.0. The predicted octanol–water partition coefficient (Wildman–Crippen LogP) is 2.37. The first kappa shape index (κ1) is 23.5. The molecule has 0 aromatic heterocycles. The van der Waals surface area contributed by atoms with Gasteiger partial charge < -0.3 is 10.1 Å². The summed E-state index contributed by atoms with van der Waals surface area (Å²) in [7, 11) is -3.86. The van der Waals surface area contributed by atoms with Crippen molar-refractivity contribution in [2.24, 2.45) is 0 Å². The Morgan fingerprint density at radius 1 is 1.07 bits per heavy atom. The molecule has 1 amide bonds. The van der Waals surface area contributed by atoms with Crippen molar-refractivity contribution in [3.8, 4) is 0 Å². The molecule has 2 aromatic rings. The fourth-order valence-electron chi connectivity index (χ4n) is 2.78. The van der Waals surface area contributed by atoms with Gasteiger partial charge in [0.15, 0.2) is 6.61 Å². The zero-order chi connectivity index (χ0) is 22.1. The summed E-state index contributed by atoms with van der Waals surface area (Å²) in [6.07, 6.45) is 0.612. The average molecular weight is 437 g/mol. The highest BCUT2D eigenvalue weighted by Crippen LogP contribution is 2.20. The molecule has 2 rings (SSSR count). The molecule has 0 aliphatic carbocycles. The van der Waals surface area contributed by atoms with Crippen molar-refractivity contribution in [1.82, 2.24) is 9.62 Å². The van der Waals surface area contributed by atoms with E-state index in [9.17, 15) is 22.4 Å². The van der Waals surface area contributed by atoms with E-state index >= 15 is 0 Å². The molecule has 0 saturated heterocycles. The van der Waals surface area contributed by atoms with E-state index in [0.29, 0.717) is 13.0 Å². The zero-order valence-electron chi connectivity index (χ0n) is 16.9. The van der Waals surface area contributed by atoms with Crippen LogP contribution in [0.5, 0.6) is 0 Å². The van der Waals surface area contributed by atoms with E-state index in [0.717, 1.165) is 23.8 Å². The van der Waals surface area contributed by atoms with Crippen LogP contribution < -0.4 is 5.32 Å². The van der Waals surface area contributed by atoms with Gasteiger partial charge in [0, 0.05) is 19.6 Å². The van der Waals surface area contributed by atoms with Crippen LogP contribution in [0.15, 0.2) is 53.4 Å². The van der Waals surface area contributed by atoms with Gasteiger partial charge in [0.25, 0.3) is 5.91 Å². The summed E-state index contributed by atoms with van der Waals surface area (Å²) in [4.78, 5) is 23.8. The normalized spacial score (nSPS) is 11.3. The van der Waals surface area contributed by atoms with Crippen LogP contribution in [0.2, 0.25) is 0 Å². The summed E-state index contributed by atoms with van der Waals surface area (Å²) < 4.78 is 45.3. The number of halogens is 1. The van der Waals surface area contributed by atoms with Gasteiger partial charge in [-0.15, -0.1) is 0 Å². The highest BCUT2D eigenvalue weighted by Gasteiger charge is 2.25. The molecule has 9 heteroatoms. The Morgan fingerprint density at radius 2 is 1.73 bits per heavy atom. The molecule has 0 bridgehead atoms. The van der Waals surface area contributed by atoms with Crippen molar-refractivity contribution >= 4 is 21.9 Å². The van der Waals surface area contributed by atoms with E-state index in [2.05, 4.69) is 5.32 Å². The van der Waals surface area contributed by atoms with Crippen LogP contribution in [0, 0.1) is 5.82 Å². The Labute approximate surface area is 175 Å². The van der Waals surface area contributed by atoms with Gasteiger partial charge in [-0.1, -0.05) is 44.2 Å². The molecule has 30 heavy (non-hydrogen) atoms. The molecule has 0 aliphatic heterocycles. The third kappa shape index (κ3) is 6.11.